The second kappa shape index (κ2) is 6.85. The summed E-state index contributed by atoms with van der Waals surface area (Å²) >= 11 is 0. The summed E-state index contributed by atoms with van der Waals surface area (Å²) in [5, 5.41) is 11.5. The summed E-state index contributed by atoms with van der Waals surface area (Å²) in [6.45, 7) is 2.61. The molecular formula is C12H16FNO3. The van der Waals surface area contributed by atoms with Crippen molar-refractivity contribution < 1.29 is 19.0 Å². The van der Waals surface area contributed by atoms with Gasteiger partial charge in [-0.2, -0.15) is 0 Å². The van der Waals surface area contributed by atoms with Gasteiger partial charge in [-0.3, -0.25) is 4.79 Å². The predicted octanol–water partition coefficient (Wildman–Crippen LogP) is 1.66. The van der Waals surface area contributed by atoms with E-state index in [1.54, 1.807) is 19.1 Å². The lowest BCUT2D eigenvalue weighted by atomic mass is 10.3. The molecule has 0 saturated heterocycles. The van der Waals surface area contributed by atoms with Crippen molar-refractivity contribution in [2.24, 2.45) is 0 Å². The van der Waals surface area contributed by atoms with Gasteiger partial charge in [0.15, 0.2) is 0 Å². The third-order valence-electron chi connectivity index (χ3n) is 2.22. The molecule has 0 aliphatic rings. The molecule has 1 rings (SSSR count). The fraction of sp³-hybridized carbons (Fsp3) is 0.417. The number of carboxylic acid groups (broad SMARTS) is 1. The van der Waals surface area contributed by atoms with Gasteiger partial charge in [-0.25, -0.2) is 4.39 Å². The minimum atomic E-state index is -0.871. The Morgan fingerprint density at radius 1 is 1.47 bits per heavy atom. The number of nitrogens with one attached hydrogen (secondary N) is 1. The van der Waals surface area contributed by atoms with Gasteiger partial charge in [-0.05, 0) is 44.2 Å². The van der Waals surface area contributed by atoms with Crippen molar-refractivity contribution in [3.63, 3.8) is 0 Å². The number of aliphatic carboxylic acids is 1. The van der Waals surface area contributed by atoms with Crippen LogP contribution in [0.25, 0.3) is 0 Å². The van der Waals surface area contributed by atoms with Gasteiger partial charge in [-0.1, -0.05) is 0 Å². The first kappa shape index (κ1) is 13.4. The number of rotatable bonds is 7. The maximum absolute atomic E-state index is 12.6. The summed E-state index contributed by atoms with van der Waals surface area (Å²) in [6, 6.07) is 5.23. The average molecular weight is 241 g/mol. The first-order chi connectivity index (χ1) is 8.09. The SMILES string of the molecule is C[C@@H](NCCCOc1ccc(F)cc1)C(=O)O. The minimum absolute atomic E-state index is 0.297. The van der Waals surface area contributed by atoms with E-state index in [1.807, 2.05) is 0 Å². The van der Waals surface area contributed by atoms with E-state index in [9.17, 15) is 9.18 Å². The molecule has 2 N–H and O–H groups in total. The van der Waals surface area contributed by atoms with Gasteiger partial charge in [0, 0.05) is 0 Å². The van der Waals surface area contributed by atoms with Gasteiger partial charge in [0.25, 0.3) is 0 Å². The van der Waals surface area contributed by atoms with Crippen LogP contribution in [0, 0.1) is 5.82 Å². The molecule has 0 unspecified atom stereocenters. The van der Waals surface area contributed by atoms with Crippen LogP contribution in [0.1, 0.15) is 13.3 Å². The fourth-order valence-electron chi connectivity index (χ4n) is 1.20. The van der Waals surface area contributed by atoms with Gasteiger partial charge in [-0.15, -0.1) is 0 Å². The van der Waals surface area contributed by atoms with Crippen LogP contribution in [-0.4, -0.2) is 30.3 Å². The monoisotopic (exact) mass is 241 g/mol. The van der Waals surface area contributed by atoms with E-state index in [4.69, 9.17) is 9.84 Å². The molecule has 0 heterocycles. The molecule has 0 aliphatic carbocycles. The number of carbonyl (C=O) groups is 1. The highest BCUT2D eigenvalue weighted by atomic mass is 19.1. The lowest BCUT2D eigenvalue weighted by Crippen LogP contribution is -2.34. The van der Waals surface area contributed by atoms with Gasteiger partial charge in [0.2, 0.25) is 0 Å². The Labute approximate surface area is 99.4 Å². The largest absolute Gasteiger partial charge is 0.494 e. The zero-order valence-corrected chi connectivity index (χ0v) is 9.65. The molecule has 0 fully saturated rings. The molecule has 4 nitrogen and oxygen atoms in total. The lowest BCUT2D eigenvalue weighted by molar-refractivity contribution is -0.139. The molecule has 0 aliphatic heterocycles. The van der Waals surface area contributed by atoms with Crippen LogP contribution in [0.4, 0.5) is 4.39 Å². The molecular weight excluding hydrogens is 225 g/mol. The summed E-state index contributed by atoms with van der Waals surface area (Å²) in [7, 11) is 0. The molecule has 5 heteroatoms. The van der Waals surface area contributed by atoms with E-state index < -0.39 is 12.0 Å². The molecule has 0 amide bonds. The average Bonchev–Trinajstić information content (AvgIpc) is 2.30. The van der Waals surface area contributed by atoms with Crippen LogP contribution in [-0.2, 0) is 4.79 Å². The van der Waals surface area contributed by atoms with Crippen LogP contribution >= 0.6 is 0 Å². The summed E-state index contributed by atoms with van der Waals surface area (Å²) < 4.78 is 17.9. The molecule has 1 aromatic carbocycles. The number of benzene rings is 1. The maximum atomic E-state index is 12.6. The quantitative estimate of drug-likeness (QED) is 0.713. The Bertz CT molecular complexity index is 353. The summed E-state index contributed by atoms with van der Waals surface area (Å²) in [6.07, 6.45) is 0.689. The van der Waals surface area contributed by atoms with Crippen LogP contribution in [0.2, 0.25) is 0 Å². The standard InChI is InChI=1S/C12H16FNO3/c1-9(12(15)16)14-7-2-8-17-11-5-3-10(13)4-6-11/h3-6,9,14H,2,7-8H2,1H3,(H,15,16)/t9-/m1/s1. The molecule has 94 valence electrons. The van der Waals surface area contributed by atoms with Crippen molar-refractivity contribution in [3.05, 3.63) is 30.1 Å². The van der Waals surface area contributed by atoms with Crippen molar-refractivity contribution in [2.45, 2.75) is 19.4 Å². The van der Waals surface area contributed by atoms with E-state index in [2.05, 4.69) is 5.32 Å². The third kappa shape index (κ3) is 5.31. The van der Waals surface area contributed by atoms with E-state index >= 15 is 0 Å². The molecule has 17 heavy (non-hydrogen) atoms. The number of halogens is 1. The van der Waals surface area contributed by atoms with Gasteiger partial charge >= 0.3 is 5.97 Å². The zero-order chi connectivity index (χ0) is 12.7. The highest BCUT2D eigenvalue weighted by Crippen LogP contribution is 2.10. The fourth-order valence-corrected chi connectivity index (χ4v) is 1.20. The van der Waals surface area contributed by atoms with Crippen molar-refractivity contribution in [1.82, 2.24) is 5.32 Å². The maximum Gasteiger partial charge on any atom is 0.320 e. The molecule has 0 bridgehead atoms. The van der Waals surface area contributed by atoms with E-state index in [0.29, 0.717) is 25.3 Å². The second-order valence-corrected chi connectivity index (χ2v) is 3.67. The van der Waals surface area contributed by atoms with Crippen molar-refractivity contribution in [1.29, 1.82) is 0 Å². The topological polar surface area (TPSA) is 58.6 Å². The highest BCUT2D eigenvalue weighted by molar-refractivity contribution is 5.72. The number of carboxylic acids is 1. The zero-order valence-electron chi connectivity index (χ0n) is 9.65. The Hall–Kier alpha value is -1.62. The summed E-state index contributed by atoms with van der Waals surface area (Å²) in [5.41, 5.74) is 0. The Morgan fingerprint density at radius 2 is 2.12 bits per heavy atom. The molecule has 0 aromatic heterocycles. The van der Waals surface area contributed by atoms with E-state index in [-0.39, 0.29) is 5.82 Å². The van der Waals surface area contributed by atoms with Crippen LogP contribution < -0.4 is 10.1 Å². The number of hydrogen-bond acceptors (Lipinski definition) is 3. The highest BCUT2D eigenvalue weighted by Gasteiger charge is 2.08. The third-order valence-corrected chi connectivity index (χ3v) is 2.22. The minimum Gasteiger partial charge on any atom is -0.494 e. The van der Waals surface area contributed by atoms with Gasteiger partial charge < -0.3 is 15.2 Å². The van der Waals surface area contributed by atoms with E-state index in [0.717, 1.165) is 0 Å². The first-order valence-electron chi connectivity index (χ1n) is 5.44. The normalized spacial score (nSPS) is 12.1. The van der Waals surface area contributed by atoms with Crippen LogP contribution in [0.5, 0.6) is 5.75 Å². The van der Waals surface area contributed by atoms with Crippen molar-refractivity contribution in [3.8, 4) is 5.75 Å². The lowest BCUT2D eigenvalue weighted by Gasteiger charge is -2.09. The van der Waals surface area contributed by atoms with Crippen LogP contribution in [0.3, 0.4) is 0 Å². The number of hydrogen-bond donors (Lipinski definition) is 2. The Kier molecular flexibility index (Phi) is 5.42. The summed E-state index contributed by atoms with van der Waals surface area (Å²) in [4.78, 5) is 10.5. The van der Waals surface area contributed by atoms with E-state index in [1.165, 1.54) is 12.1 Å². The second-order valence-electron chi connectivity index (χ2n) is 3.67. The Balaban J connectivity index is 2.12. The number of ether oxygens (including phenoxy) is 1. The van der Waals surface area contributed by atoms with Crippen molar-refractivity contribution >= 4 is 5.97 Å². The summed E-state index contributed by atoms with van der Waals surface area (Å²) in [5.74, 6) is -0.559. The molecule has 1 aromatic rings. The molecule has 0 saturated carbocycles. The van der Waals surface area contributed by atoms with Crippen molar-refractivity contribution in [2.75, 3.05) is 13.2 Å². The first-order valence-corrected chi connectivity index (χ1v) is 5.44. The molecule has 1 atom stereocenters. The van der Waals surface area contributed by atoms with Gasteiger partial charge in [0.1, 0.15) is 17.6 Å². The van der Waals surface area contributed by atoms with Gasteiger partial charge in [0.05, 0.1) is 6.61 Å². The Morgan fingerprint density at radius 3 is 2.71 bits per heavy atom. The molecule has 0 radical (unpaired) electrons. The molecule has 0 spiro atoms. The smallest absolute Gasteiger partial charge is 0.320 e. The van der Waals surface area contributed by atoms with Crippen LogP contribution in [0.15, 0.2) is 24.3 Å². The predicted molar refractivity (Wildman–Crippen MR) is 61.6 cm³/mol.